The van der Waals surface area contributed by atoms with Crippen molar-refractivity contribution >= 4 is 16.9 Å². The zero-order valence-corrected chi connectivity index (χ0v) is 15.7. The van der Waals surface area contributed by atoms with E-state index in [1.807, 2.05) is 18.3 Å². The van der Waals surface area contributed by atoms with Crippen molar-refractivity contribution in [2.45, 2.75) is 25.8 Å². The number of piperidine rings is 1. The van der Waals surface area contributed by atoms with E-state index < -0.39 is 0 Å². The first-order chi connectivity index (χ1) is 12.7. The third-order valence-corrected chi connectivity index (χ3v) is 5.21. The fourth-order valence-corrected chi connectivity index (χ4v) is 4.03. The minimum absolute atomic E-state index is 0.656. The van der Waals surface area contributed by atoms with Gasteiger partial charge < -0.3 is 9.88 Å². The van der Waals surface area contributed by atoms with Gasteiger partial charge >= 0.3 is 0 Å². The van der Waals surface area contributed by atoms with Gasteiger partial charge in [-0.25, -0.2) is 9.97 Å². The maximum absolute atomic E-state index is 4.76. The van der Waals surface area contributed by atoms with Gasteiger partial charge in [-0.2, -0.15) is 0 Å². The van der Waals surface area contributed by atoms with Gasteiger partial charge in [0.2, 0.25) is 0 Å². The normalized spacial score (nSPS) is 18.3. The Morgan fingerprint density at radius 3 is 2.92 bits per heavy atom. The topological polar surface area (TPSA) is 48.1 Å². The van der Waals surface area contributed by atoms with E-state index >= 15 is 0 Å². The zero-order valence-electron chi connectivity index (χ0n) is 15.7. The summed E-state index contributed by atoms with van der Waals surface area (Å²) in [7, 11) is 4.12. The van der Waals surface area contributed by atoms with Crippen molar-refractivity contribution in [3.05, 3.63) is 54.0 Å². The number of hydrogen-bond donors (Lipinski definition) is 1. The first kappa shape index (κ1) is 17.0. The number of aromatic nitrogens is 3. The average Bonchev–Trinajstić information content (AvgIpc) is 3.04. The second-order valence-electron chi connectivity index (χ2n) is 7.53. The molecule has 3 heterocycles. The molecule has 0 unspecified atom stereocenters. The number of nitrogens with one attached hydrogen (secondary N) is 1. The summed E-state index contributed by atoms with van der Waals surface area (Å²) in [6.45, 7) is 3.26. The lowest BCUT2D eigenvalue weighted by atomic mass is 9.94. The Morgan fingerprint density at radius 2 is 2.08 bits per heavy atom. The molecule has 0 amide bonds. The van der Waals surface area contributed by atoms with Crippen LogP contribution in [0.4, 0.5) is 5.82 Å². The Morgan fingerprint density at radius 1 is 1.19 bits per heavy atom. The van der Waals surface area contributed by atoms with E-state index in [0.717, 1.165) is 42.2 Å². The molecule has 1 aliphatic heterocycles. The number of nitrogens with zero attached hydrogens (tertiary/aromatic N) is 4. The fraction of sp³-hybridized carbons (Fsp3) is 0.429. The Labute approximate surface area is 155 Å². The molecule has 0 radical (unpaired) electrons. The van der Waals surface area contributed by atoms with Crippen LogP contribution in [0.1, 0.15) is 24.2 Å². The predicted molar refractivity (Wildman–Crippen MR) is 106 cm³/mol. The molecular formula is C21H27N5. The van der Waals surface area contributed by atoms with Gasteiger partial charge in [0.25, 0.3) is 0 Å². The van der Waals surface area contributed by atoms with Gasteiger partial charge in [0, 0.05) is 45.4 Å². The smallest absolute Gasteiger partial charge is 0.132 e. The van der Waals surface area contributed by atoms with E-state index in [1.54, 1.807) is 0 Å². The van der Waals surface area contributed by atoms with Crippen LogP contribution in [0.15, 0.2) is 42.6 Å². The van der Waals surface area contributed by atoms with Crippen LogP contribution < -0.4 is 4.90 Å². The number of hydrogen-bond acceptors (Lipinski definition) is 4. The molecular weight excluding hydrogens is 322 g/mol. The molecule has 0 spiro atoms. The maximum Gasteiger partial charge on any atom is 0.132 e. The molecule has 0 aliphatic carbocycles. The third-order valence-electron chi connectivity index (χ3n) is 5.21. The van der Waals surface area contributed by atoms with Crippen LogP contribution >= 0.6 is 0 Å². The van der Waals surface area contributed by atoms with Gasteiger partial charge in [-0.05, 0) is 43.5 Å². The summed E-state index contributed by atoms with van der Waals surface area (Å²) < 4.78 is 0. The van der Waals surface area contributed by atoms with Crippen molar-refractivity contribution in [1.82, 2.24) is 19.9 Å². The van der Waals surface area contributed by atoms with Gasteiger partial charge in [0.05, 0.1) is 11.0 Å². The Hall–Kier alpha value is -2.40. The van der Waals surface area contributed by atoms with Crippen molar-refractivity contribution in [1.29, 1.82) is 0 Å². The SMILES string of the molecule is CN(C)c1ncccc1CN1CCC[C@H](Cc2nc3ccccc3[nH]2)C1. The highest BCUT2D eigenvalue weighted by Gasteiger charge is 2.22. The molecule has 1 fully saturated rings. The van der Waals surface area contributed by atoms with Gasteiger partial charge in [-0.3, -0.25) is 4.90 Å². The number of anilines is 1. The molecule has 1 atom stereocenters. The highest BCUT2D eigenvalue weighted by molar-refractivity contribution is 5.74. The maximum atomic E-state index is 4.76. The Bertz CT molecular complexity index is 836. The molecule has 5 heteroatoms. The third kappa shape index (κ3) is 3.73. The standard InChI is InChI=1S/C21H27N5/c1-25(2)21-17(8-5-11-22-21)15-26-12-6-7-16(14-26)13-20-23-18-9-3-4-10-19(18)24-20/h3-5,8-11,16H,6-7,12-15H2,1-2H3,(H,23,24)/t16-/m1/s1. The second kappa shape index (κ2) is 7.46. The molecule has 1 aliphatic rings. The fourth-order valence-electron chi connectivity index (χ4n) is 4.03. The predicted octanol–water partition coefficient (Wildman–Crippen LogP) is 3.48. The van der Waals surface area contributed by atoms with E-state index in [9.17, 15) is 0 Å². The first-order valence-electron chi connectivity index (χ1n) is 9.46. The van der Waals surface area contributed by atoms with E-state index in [4.69, 9.17) is 4.98 Å². The highest BCUT2D eigenvalue weighted by atomic mass is 15.2. The van der Waals surface area contributed by atoms with Crippen LogP contribution in [0.25, 0.3) is 11.0 Å². The molecule has 4 rings (SSSR count). The minimum atomic E-state index is 0.656. The quantitative estimate of drug-likeness (QED) is 0.766. The lowest BCUT2D eigenvalue weighted by Gasteiger charge is -2.33. The number of imidazole rings is 1. The van der Waals surface area contributed by atoms with E-state index in [0.29, 0.717) is 5.92 Å². The molecule has 1 N–H and O–H groups in total. The van der Waals surface area contributed by atoms with Crippen molar-refractivity contribution < 1.29 is 0 Å². The largest absolute Gasteiger partial charge is 0.362 e. The molecule has 3 aromatic rings. The van der Waals surface area contributed by atoms with Crippen molar-refractivity contribution in [3.8, 4) is 0 Å². The van der Waals surface area contributed by atoms with E-state index in [-0.39, 0.29) is 0 Å². The number of para-hydroxylation sites is 2. The highest BCUT2D eigenvalue weighted by Crippen LogP contribution is 2.24. The summed E-state index contributed by atoms with van der Waals surface area (Å²) in [5.74, 6) is 2.85. The van der Waals surface area contributed by atoms with Crippen LogP contribution in [-0.2, 0) is 13.0 Å². The van der Waals surface area contributed by atoms with Crippen molar-refractivity contribution in [2.75, 3.05) is 32.1 Å². The van der Waals surface area contributed by atoms with Crippen LogP contribution in [0.5, 0.6) is 0 Å². The van der Waals surface area contributed by atoms with Gasteiger partial charge in [0.15, 0.2) is 0 Å². The van der Waals surface area contributed by atoms with E-state index in [1.165, 1.54) is 24.9 Å². The summed E-state index contributed by atoms with van der Waals surface area (Å²) in [5.41, 5.74) is 3.52. The Balaban J connectivity index is 1.43. The van der Waals surface area contributed by atoms with Crippen molar-refractivity contribution in [3.63, 3.8) is 0 Å². The molecule has 26 heavy (non-hydrogen) atoms. The average molecular weight is 349 g/mol. The number of aromatic amines is 1. The van der Waals surface area contributed by atoms with Crippen LogP contribution in [-0.4, -0.2) is 47.0 Å². The molecule has 1 saturated heterocycles. The Kier molecular flexibility index (Phi) is 4.89. The number of fused-ring (bicyclic) bond motifs is 1. The molecule has 2 aromatic heterocycles. The summed E-state index contributed by atoms with van der Waals surface area (Å²) >= 11 is 0. The number of rotatable bonds is 5. The summed E-state index contributed by atoms with van der Waals surface area (Å²) in [6.07, 6.45) is 5.43. The lowest BCUT2D eigenvalue weighted by molar-refractivity contribution is 0.166. The summed E-state index contributed by atoms with van der Waals surface area (Å²) in [6, 6.07) is 12.5. The van der Waals surface area contributed by atoms with Crippen molar-refractivity contribution in [2.24, 2.45) is 5.92 Å². The van der Waals surface area contributed by atoms with Crippen LogP contribution in [0.3, 0.4) is 0 Å². The molecule has 0 bridgehead atoms. The van der Waals surface area contributed by atoms with Gasteiger partial charge in [-0.1, -0.05) is 18.2 Å². The number of pyridine rings is 1. The number of H-pyrrole nitrogens is 1. The summed E-state index contributed by atoms with van der Waals surface area (Å²) in [4.78, 5) is 17.5. The first-order valence-corrected chi connectivity index (χ1v) is 9.46. The summed E-state index contributed by atoms with van der Waals surface area (Å²) in [5, 5.41) is 0. The number of likely N-dealkylation sites (tertiary alicyclic amines) is 1. The lowest BCUT2D eigenvalue weighted by Crippen LogP contribution is -2.36. The second-order valence-corrected chi connectivity index (χ2v) is 7.53. The van der Waals surface area contributed by atoms with Gasteiger partial charge in [-0.15, -0.1) is 0 Å². The minimum Gasteiger partial charge on any atom is -0.362 e. The molecule has 0 saturated carbocycles. The van der Waals surface area contributed by atoms with Crippen LogP contribution in [0.2, 0.25) is 0 Å². The van der Waals surface area contributed by atoms with Crippen LogP contribution in [0, 0.1) is 5.92 Å². The molecule has 5 nitrogen and oxygen atoms in total. The molecule has 1 aromatic carbocycles. The molecule has 136 valence electrons. The zero-order chi connectivity index (χ0) is 17.9. The monoisotopic (exact) mass is 349 g/mol. The van der Waals surface area contributed by atoms with E-state index in [2.05, 4.69) is 58.1 Å². The number of benzene rings is 1. The van der Waals surface area contributed by atoms with Gasteiger partial charge in [0.1, 0.15) is 11.6 Å².